The number of amides is 2. The molecule has 2 amide bonds. The molecule has 1 atom stereocenters. The van der Waals surface area contributed by atoms with Crippen molar-refractivity contribution in [2.24, 2.45) is 11.3 Å². The van der Waals surface area contributed by atoms with Gasteiger partial charge >= 0.3 is 0 Å². The molecule has 0 saturated carbocycles. The minimum Gasteiger partial charge on any atom is -0.497 e. The van der Waals surface area contributed by atoms with Crippen LogP contribution in [-0.2, 0) is 16.1 Å². The summed E-state index contributed by atoms with van der Waals surface area (Å²) in [5, 5.41) is 3.89. The van der Waals surface area contributed by atoms with Crippen LogP contribution in [0.5, 0.6) is 5.75 Å². The molecule has 1 spiro atoms. The first kappa shape index (κ1) is 26.5. The molecule has 2 fully saturated rings. The summed E-state index contributed by atoms with van der Waals surface area (Å²) in [6, 6.07) is 15.7. The van der Waals surface area contributed by atoms with E-state index in [2.05, 4.69) is 10.2 Å². The normalized spacial score (nSPS) is 18.6. The number of ether oxygens (including phenoxy) is 1. The zero-order valence-corrected chi connectivity index (χ0v) is 22.4. The number of benzene rings is 2. The molecule has 7 heteroatoms. The molecule has 2 heterocycles. The number of likely N-dealkylation sites (tertiary alicyclic amines) is 2. The van der Waals surface area contributed by atoms with Crippen molar-refractivity contribution in [2.75, 3.05) is 33.3 Å². The molecule has 2 aromatic rings. The third kappa shape index (κ3) is 6.60. The third-order valence-electron chi connectivity index (χ3n) is 7.68. The van der Waals surface area contributed by atoms with Gasteiger partial charge in [-0.3, -0.25) is 9.59 Å². The van der Waals surface area contributed by atoms with Crippen molar-refractivity contribution in [1.29, 1.82) is 0 Å². The molecule has 1 unspecified atom stereocenters. The summed E-state index contributed by atoms with van der Waals surface area (Å²) in [6.07, 6.45) is 3.52. The minimum absolute atomic E-state index is 0.0546. The SMILES string of the molecule is COc1ccc(CN2CC3(CCN(CCC(NC(=O)C(C)C)c4cccc(Cl)c4)CC3)CC2=O)cc1. The maximum Gasteiger partial charge on any atom is 0.223 e. The Balaban J connectivity index is 1.31. The predicted molar refractivity (Wildman–Crippen MR) is 143 cm³/mol. The summed E-state index contributed by atoms with van der Waals surface area (Å²) in [6.45, 7) is 8.17. The summed E-state index contributed by atoms with van der Waals surface area (Å²) in [7, 11) is 1.66. The van der Waals surface area contributed by atoms with E-state index >= 15 is 0 Å². The van der Waals surface area contributed by atoms with E-state index in [9.17, 15) is 9.59 Å². The van der Waals surface area contributed by atoms with Gasteiger partial charge in [0.1, 0.15) is 5.75 Å². The third-order valence-corrected chi connectivity index (χ3v) is 7.92. The Morgan fingerprint density at radius 3 is 2.50 bits per heavy atom. The van der Waals surface area contributed by atoms with Gasteiger partial charge in [0.2, 0.25) is 11.8 Å². The van der Waals surface area contributed by atoms with E-state index in [1.807, 2.05) is 67.3 Å². The number of methoxy groups -OCH3 is 1. The number of rotatable bonds is 9. The van der Waals surface area contributed by atoms with Crippen molar-refractivity contribution in [1.82, 2.24) is 15.1 Å². The van der Waals surface area contributed by atoms with Gasteiger partial charge in [0.05, 0.1) is 13.2 Å². The molecule has 6 nitrogen and oxygen atoms in total. The second kappa shape index (κ2) is 11.7. The molecule has 2 aromatic carbocycles. The summed E-state index contributed by atoms with van der Waals surface area (Å²) in [5.41, 5.74) is 2.26. The van der Waals surface area contributed by atoms with Crippen LogP contribution in [0.2, 0.25) is 5.02 Å². The van der Waals surface area contributed by atoms with Crippen LogP contribution in [-0.4, -0.2) is 54.9 Å². The maximum atomic E-state index is 12.9. The van der Waals surface area contributed by atoms with Crippen molar-refractivity contribution in [3.63, 3.8) is 0 Å². The largest absolute Gasteiger partial charge is 0.497 e. The lowest BCUT2D eigenvalue weighted by Crippen LogP contribution is -2.43. The van der Waals surface area contributed by atoms with Crippen LogP contribution in [0.15, 0.2) is 48.5 Å². The highest BCUT2D eigenvalue weighted by Gasteiger charge is 2.44. The molecule has 2 saturated heterocycles. The molecule has 36 heavy (non-hydrogen) atoms. The molecule has 2 aliphatic heterocycles. The predicted octanol–water partition coefficient (Wildman–Crippen LogP) is 5.07. The number of hydrogen-bond donors (Lipinski definition) is 1. The summed E-state index contributed by atoms with van der Waals surface area (Å²) in [4.78, 5) is 29.8. The van der Waals surface area contributed by atoms with E-state index in [0.717, 1.165) is 62.3 Å². The van der Waals surface area contributed by atoms with Gasteiger partial charge in [0, 0.05) is 37.0 Å². The van der Waals surface area contributed by atoms with Crippen molar-refractivity contribution in [2.45, 2.75) is 52.1 Å². The Morgan fingerprint density at radius 1 is 1.14 bits per heavy atom. The average molecular weight is 512 g/mol. The van der Waals surface area contributed by atoms with Crippen molar-refractivity contribution >= 4 is 23.4 Å². The van der Waals surface area contributed by atoms with Crippen LogP contribution >= 0.6 is 11.6 Å². The number of carbonyl (C=O) groups excluding carboxylic acids is 2. The van der Waals surface area contributed by atoms with Crippen molar-refractivity contribution in [3.8, 4) is 5.75 Å². The van der Waals surface area contributed by atoms with Crippen LogP contribution in [0.1, 0.15) is 56.7 Å². The van der Waals surface area contributed by atoms with Gasteiger partial charge in [-0.1, -0.05) is 49.7 Å². The molecule has 4 rings (SSSR count). The smallest absolute Gasteiger partial charge is 0.223 e. The van der Waals surface area contributed by atoms with Gasteiger partial charge in [-0.2, -0.15) is 0 Å². The van der Waals surface area contributed by atoms with E-state index in [1.54, 1.807) is 7.11 Å². The molecule has 1 N–H and O–H groups in total. The molecular weight excluding hydrogens is 474 g/mol. The Kier molecular flexibility index (Phi) is 8.58. The van der Waals surface area contributed by atoms with E-state index in [4.69, 9.17) is 16.3 Å². The van der Waals surface area contributed by atoms with Crippen LogP contribution in [0.25, 0.3) is 0 Å². The zero-order valence-electron chi connectivity index (χ0n) is 21.6. The monoisotopic (exact) mass is 511 g/mol. The van der Waals surface area contributed by atoms with Crippen LogP contribution in [0.3, 0.4) is 0 Å². The zero-order chi connectivity index (χ0) is 25.7. The lowest BCUT2D eigenvalue weighted by Gasteiger charge is -2.39. The Bertz CT molecular complexity index is 1050. The van der Waals surface area contributed by atoms with Gasteiger partial charge in [-0.05, 0) is 73.2 Å². The van der Waals surface area contributed by atoms with Gasteiger partial charge in [0.25, 0.3) is 0 Å². The van der Waals surface area contributed by atoms with E-state index in [1.165, 1.54) is 0 Å². The summed E-state index contributed by atoms with van der Waals surface area (Å²) >= 11 is 6.23. The molecule has 0 aromatic heterocycles. The van der Waals surface area contributed by atoms with Gasteiger partial charge in [0.15, 0.2) is 0 Å². The van der Waals surface area contributed by atoms with Crippen LogP contribution < -0.4 is 10.1 Å². The fourth-order valence-electron chi connectivity index (χ4n) is 5.36. The van der Waals surface area contributed by atoms with E-state index in [0.29, 0.717) is 18.0 Å². The summed E-state index contributed by atoms with van der Waals surface area (Å²) < 4.78 is 5.24. The first-order valence-electron chi connectivity index (χ1n) is 13.0. The van der Waals surface area contributed by atoms with E-state index < -0.39 is 0 Å². The van der Waals surface area contributed by atoms with Gasteiger partial charge < -0.3 is 19.9 Å². The fourth-order valence-corrected chi connectivity index (χ4v) is 5.56. The lowest BCUT2D eigenvalue weighted by atomic mass is 9.77. The van der Waals surface area contributed by atoms with Crippen molar-refractivity contribution < 1.29 is 14.3 Å². The molecule has 194 valence electrons. The number of piperidine rings is 1. The number of nitrogens with one attached hydrogen (secondary N) is 1. The molecular formula is C29H38ClN3O3. The highest BCUT2D eigenvalue weighted by atomic mass is 35.5. The van der Waals surface area contributed by atoms with Crippen LogP contribution in [0.4, 0.5) is 0 Å². The molecule has 0 bridgehead atoms. The quantitative estimate of drug-likeness (QED) is 0.510. The van der Waals surface area contributed by atoms with Gasteiger partial charge in [-0.25, -0.2) is 0 Å². The second-order valence-corrected chi connectivity index (χ2v) is 11.1. The fraction of sp³-hybridized carbons (Fsp3) is 0.517. The molecule has 0 aliphatic carbocycles. The number of carbonyl (C=O) groups is 2. The number of hydrogen-bond acceptors (Lipinski definition) is 4. The molecule has 0 radical (unpaired) electrons. The standard InChI is InChI=1S/C29H38ClN3O3/c1-21(2)28(35)31-26(23-5-4-6-24(30)17-23)11-14-32-15-12-29(13-16-32)18-27(34)33(20-29)19-22-7-9-25(36-3)10-8-22/h4-10,17,21,26H,11-16,18-20H2,1-3H3,(H,31,35). The van der Waals surface area contributed by atoms with E-state index in [-0.39, 0.29) is 29.2 Å². The lowest BCUT2D eigenvalue weighted by molar-refractivity contribution is -0.128. The highest BCUT2D eigenvalue weighted by Crippen LogP contribution is 2.41. The number of nitrogens with zero attached hydrogens (tertiary/aromatic N) is 2. The van der Waals surface area contributed by atoms with Gasteiger partial charge in [-0.15, -0.1) is 0 Å². The first-order valence-corrected chi connectivity index (χ1v) is 13.3. The second-order valence-electron chi connectivity index (χ2n) is 10.7. The summed E-state index contributed by atoms with van der Waals surface area (Å²) in [5.74, 6) is 1.08. The maximum absolute atomic E-state index is 12.9. The Morgan fingerprint density at radius 2 is 1.86 bits per heavy atom. The van der Waals surface area contributed by atoms with Crippen LogP contribution in [0, 0.1) is 11.3 Å². The first-order chi connectivity index (χ1) is 17.3. The van der Waals surface area contributed by atoms with Crippen molar-refractivity contribution in [3.05, 3.63) is 64.7 Å². The highest BCUT2D eigenvalue weighted by molar-refractivity contribution is 6.30. The number of halogens is 1. The molecule has 2 aliphatic rings. The topological polar surface area (TPSA) is 61.9 Å². The Hall–Kier alpha value is -2.57. The Labute approximate surface area is 219 Å². The average Bonchev–Trinajstić information content (AvgIpc) is 3.17. The minimum atomic E-state index is -0.0673.